The van der Waals surface area contributed by atoms with E-state index in [1.165, 1.54) is 0 Å². The molecule has 1 aromatic heterocycles. The Kier molecular flexibility index (Phi) is 7.93. The fourth-order valence-electron chi connectivity index (χ4n) is 3.02. The zero-order valence-corrected chi connectivity index (χ0v) is 17.4. The number of aliphatic hydroxyl groups excluding tert-OH is 1. The lowest BCUT2D eigenvalue weighted by molar-refractivity contribution is 0.182. The molecule has 0 saturated carbocycles. The van der Waals surface area contributed by atoms with E-state index < -0.39 is 0 Å². The molecular formula is C26H28N2O2. The molecule has 1 atom stereocenters. The molecule has 0 aliphatic carbocycles. The van der Waals surface area contributed by atoms with Crippen LogP contribution in [-0.4, -0.2) is 27.8 Å². The molecule has 0 bridgehead atoms. The van der Waals surface area contributed by atoms with Crippen molar-refractivity contribution < 1.29 is 9.84 Å². The number of ether oxygens (including phenoxy) is 1. The van der Waals surface area contributed by atoms with Gasteiger partial charge in [0.2, 0.25) is 0 Å². The fraction of sp³-hybridized carbons (Fsp3) is 0.231. The van der Waals surface area contributed by atoms with Gasteiger partial charge in [0, 0.05) is 11.1 Å². The van der Waals surface area contributed by atoms with E-state index in [1.54, 1.807) is 18.5 Å². The number of rotatable bonds is 10. The number of hydrogen-bond acceptors (Lipinski definition) is 4. The van der Waals surface area contributed by atoms with Crippen molar-refractivity contribution in [2.24, 2.45) is 0 Å². The van der Waals surface area contributed by atoms with Crippen molar-refractivity contribution in [3.05, 3.63) is 85.2 Å². The van der Waals surface area contributed by atoms with E-state index in [2.05, 4.69) is 53.0 Å². The van der Waals surface area contributed by atoms with Crippen molar-refractivity contribution >= 4 is 6.08 Å². The van der Waals surface area contributed by atoms with E-state index in [9.17, 15) is 5.11 Å². The summed E-state index contributed by atoms with van der Waals surface area (Å²) in [6.07, 6.45) is 12.2. The number of unbranched alkanes of at least 4 members (excludes halogenated alkanes) is 1. The van der Waals surface area contributed by atoms with Gasteiger partial charge in [-0.15, -0.1) is 0 Å². The molecule has 4 nitrogen and oxygen atoms in total. The number of nitrogens with zero attached hydrogens (tertiary/aromatic N) is 2. The summed E-state index contributed by atoms with van der Waals surface area (Å²) < 4.78 is 5.51. The molecule has 154 valence electrons. The zero-order chi connectivity index (χ0) is 21.2. The standard InChI is InChI=1S/C26H28N2O2/c1-3-17-30-24-15-13-23(14-16-24)26-19-27-25(18-28-26)22-11-9-21(10-12-22)8-6-4-5-7-20(2)29/h3,6,8-16,18-20,29H,1,4-5,7,17H2,2H3. The van der Waals surface area contributed by atoms with Gasteiger partial charge in [-0.25, -0.2) is 0 Å². The van der Waals surface area contributed by atoms with Crippen LogP contribution in [0.2, 0.25) is 0 Å². The Balaban J connectivity index is 1.60. The second-order valence-corrected chi connectivity index (χ2v) is 7.22. The number of hydrogen-bond donors (Lipinski definition) is 1. The smallest absolute Gasteiger partial charge is 0.119 e. The van der Waals surface area contributed by atoms with Gasteiger partial charge in [-0.05, 0) is 56.0 Å². The van der Waals surface area contributed by atoms with Gasteiger partial charge in [0.25, 0.3) is 0 Å². The van der Waals surface area contributed by atoms with Crippen LogP contribution in [0.3, 0.4) is 0 Å². The number of benzene rings is 2. The first-order chi connectivity index (χ1) is 14.7. The maximum absolute atomic E-state index is 9.29. The molecule has 1 unspecified atom stereocenters. The lowest BCUT2D eigenvalue weighted by Gasteiger charge is -2.06. The monoisotopic (exact) mass is 400 g/mol. The summed E-state index contributed by atoms with van der Waals surface area (Å²) in [5.41, 5.74) is 4.85. The van der Waals surface area contributed by atoms with Gasteiger partial charge in [0.05, 0.1) is 29.9 Å². The molecule has 0 fully saturated rings. The van der Waals surface area contributed by atoms with Crippen LogP contribution in [0.15, 0.2) is 79.7 Å². The summed E-state index contributed by atoms with van der Waals surface area (Å²) in [6.45, 7) is 5.97. The first-order valence-electron chi connectivity index (χ1n) is 10.3. The molecule has 0 saturated heterocycles. The van der Waals surface area contributed by atoms with Crippen LogP contribution in [0.1, 0.15) is 31.7 Å². The predicted octanol–water partition coefficient (Wildman–Crippen LogP) is 5.94. The molecule has 0 spiro atoms. The highest BCUT2D eigenvalue weighted by Crippen LogP contribution is 2.23. The Labute approximate surface area is 178 Å². The maximum Gasteiger partial charge on any atom is 0.119 e. The summed E-state index contributed by atoms with van der Waals surface area (Å²) in [5, 5.41) is 9.29. The van der Waals surface area contributed by atoms with Gasteiger partial charge < -0.3 is 9.84 Å². The largest absolute Gasteiger partial charge is 0.490 e. The molecule has 0 amide bonds. The highest BCUT2D eigenvalue weighted by atomic mass is 16.5. The van der Waals surface area contributed by atoms with Crippen LogP contribution >= 0.6 is 0 Å². The van der Waals surface area contributed by atoms with Crippen molar-refractivity contribution in [3.63, 3.8) is 0 Å². The molecule has 30 heavy (non-hydrogen) atoms. The average molecular weight is 401 g/mol. The van der Waals surface area contributed by atoms with Crippen molar-refractivity contribution in [1.29, 1.82) is 0 Å². The van der Waals surface area contributed by atoms with Crippen LogP contribution in [0.25, 0.3) is 28.6 Å². The predicted molar refractivity (Wildman–Crippen MR) is 123 cm³/mol. The third-order valence-corrected chi connectivity index (χ3v) is 4.68. The molecule has 1 N–H and O–H groups in total. The Morgan fingerprint density at radius 1 is 0.967 bits per heavy atom. The Hall–Kier alpha value is -3.24. The summed E-state index contributed by atoms with van der Waals surface area (Å²) in [6, 6.07) is 16.1. The van der Waals surface area contributed by atoms with Gasteiger partial charge in [0.15, 0.2) is 0 Å². The molecule has 2 aromatic carbocycles. The minimum Gasteiger partial charge on any atom is -0.490 e. The SMILES string of the molecule is C=CCOc1ccc(-c2cnc(-c3ccc(C=CCCCC(C)O)cc3)cn2)cc1. The van der Waals surface area contributed by atoms with Crippen LogP contribution < -0.4 is 4.74 Å². The quantitative estimate of drug-likeness (QED) is 0.338. The second kappa shape index (κ2) is 11.1. The normalized spacial score (nSPS) is 12.1. The van der Waals surface area contributed by atoms with Crippen molar-refractivity contribution in [1.82, 2.24) is 9.97 Å². The van der Waals surface area contributed by atoms with Gasteiger partial charge in [-0.2, -0.15) is 0 Å². The van der Waals surface area contributed by atoms with E-state index in [1.807, 2.05) is 31.2 Å². The molecule has 0 radical (unpaired) electrons. The maximum atomic E-state index is 9.29. The lowest BCUT2D eigenvalue weighted by Crippen LogP contribution is -1.97. The van der Waals surface area contributed by atoms with E-state index in [-0.39, 0.29) is 6.10 Å². The number of aromatic nitrogens is 2. The van der Waals surface area contributed by atoms with E-state index in [0.717, 1.165) is 53.1 Å². The van der Waals surface area contributed by atoms with Gasteiger partial charge in [0.1, 0.15) is 12.4 Å². The molecular weight excluding hydrogens is 372 g/mol. The third-order valence-electron chi connectivity index (χ3n) is 4.68. The minimum absolute atomic E-state index is 0.221. The molecule has 0 aliphatic heterocycles. The summed E-state index contributed by atoms with van der Waals surface area (Å²) in [4.78, 5) is 9.15. The summed E-state index contributed by atoms with van der Waals surface area (Å²) >= 11 is 0. The first kappa shape index (κ1) is 21.5. The molecule has 3 aromatic rings. The molecule has 3 rings (SSSR count). The van der Waals surface area contributed by atoms with Crippen LogP contribution in [0.4, 0.5) is 0 Å². The van der Waals surface area contributed by atoms with Crippen LogP contribution in [0.5, 0.6) is 5.75 Å². The minimum atomic E-state index is -0.221. The molecule has 0 aliphatic rings. The number of aliphatic hydroxyl groups is 1. The zero-order valence-electron chi connectivity index (χ0n) is 17.4. The molecule has 4 heteroatoms. The fourth-order valence-corrected chi connectivity index (χ4v) is 3.02. The summed E-state index contributed by atoms with van der Waals surface area (Å²) in [5.74, 6) is 0.806. The van der Waals surface area contributed by atoms with E-state index >= 15 is 0 Å². The molecule has 1 heterocycles. The topological polar surface area (TPSA) is 55.2 Å². The highest BCUT2D eigenvalue weighted by Gasteiger charge is 2.04. The first-order valence-corrected chi connectivity index (χ1v) is 10.3. The van der Waals surface area contributed by atoms with Gasteiger partial charge in [-0.3, -0.25) is 9.97 Å². The Morgan fingerprint density at radius 2 is 1.57 bits per heavy atom. The van der Waals surface area contributed by atoms with E-state index in [4.69, 9.17) is 4.74 Å². The Bertz CT molecular complexity index is 944. The third kappa shape index (κ3) is 6.39. The lowest BCUT2D eigenvalue weighted by atomic mass is 10.1. The van der Waals surface area contributed by atoms with Crippen LogP contribution in [0, 0.1) is 0 Å². The Morgan fingerprint density at radius 3 is 2.10 bits per heavy atom. The van der Waals surface area contributed by atoms with Crippen molar-refractivity contribution in [2.45, 2.75) is 32.3 Å². The average Bonchev–Trinajstić information content (AvgIpc) is 2.78. The van der Waals surface area contributed by atoms with Crippen molar-refractivity contribution in [3.8, 4) is 28.3 Å². The van der Waals surface area contributed by atoms with E-state index in [0.29, 0.717) is 6.61 Å². The number of allylic oxidation sites excluding steroid dienone is 1. The summed E-state index contributed by atoms with van der Waals surface area (Å²) in [7, 11) is 0. The highest BCUT2D eigenvalue weighted by molar-refractivity contribution is 5.64. The van der Waals surface area contributed by atoms with Crippen molar-refractivity contribution in [2.75, 3.05) is 6.61 Å². The second-order valence-electron chi connectivity index (χ2n) is 7.22. The van der Waals surface area contributed by atoms with Gasteiger partial charge >= 0.3 is 0 Å². The van der Waals surface area contributed by atoms with Crippen LogP contribution in [-0.2, 0) is 0 Å². The van der Waals surface area contributed by atoms with Gasteiger partial charge in [-0.1, -0.05) is 49.1 Å².